The van der Waals surface area contributed by atoms with Gasteiger partial charge < -0.3 is 5.32 Å². The molecule has 1 aromatic heterocycles. The molecule has 3 heteroatoms. The Morgan fingerprint density at radius 2 is 2.29 bits per heavy atom. The second-order valence-electron chi connectivity index (χ2n) is 5.19. The lowest BCUT2D eigenvalue weighted by atomic mass is 9.93. The maximum absolute atomic E-state index is 3.74. The third-order valence-corrected chi connectivity index (χ3v) is 5.42. The summed E-state index contributed by atoms with van der Waals surface area (Å²) in [5, 5.41) is 5.93. The van der Waals surface area contributed by atoms with Crippen LogP contribution in [-0.4, -0.2) is 12.6 Å². The zero-order valence-corrected chi connectivity index (χ0v) is 13.1. The Balaban J connectivity index is 1.93. The SMILES string of the molecule is CCCNC(Cc1cc(Br)cs1)C(C)C1CC1. The zero-order chi connectivity index (χ0) is 12.3. The fourth-order valence-corrected chi connectivity index (χ4v) is 3.91. The van der Waals surface area contributed by atoms with Gasteiger partial charge in [-0.2, -0.15) is 0 Å². The molecule has 1 aliphatic rings. The molecule has 17 heavy (non-hydrogen) atoms. The van der Waals surface area contributed by atoms with E-state index in [0.717, 1.165) is 18.4 Å². The van der Waals surface area contributed by atoms with Gasteiger partial charge in [-0.25, -0.2) is 0 Å². The van der Waals surface area contributed by atoms with Crippen LogP contribution in [0, 0.1) is 11.8 Å². The predicted octanol–water partition coefficient (Wildman–Crippen LogP) is 4.47. The normalized spacial score (nSPS) is 19.2. The predicted molar refractivity (Wildman–Crippen MR) is 79.7 cm³/mol. The third-order valence-electron chi connectivity index (χ3n) is 3.70. The van der Waals surface area contributed by atoms with Crippen molar-refractivity contribution in [2.75, 3.05) is 6.54 Å². The van der Waals surface area contributed by atoms with Gasteiger partial charge in [0.1, 0.15) is 0 Å². The first kappa shape index (κ1) is 13.6. The van der Waals surface area contributed by atoms with Crippen molar-refractivity contribution in [3.8, 4) is 0 Å². The van der Waals surface area contributed by atoms with Crippen molar-refractivity contribution in [1.29, 1.82) is 0 Å². The van der Waals surface area contributed by atoms with Crippen molar-refractivity contribution < 1.29 is 0 Å². The van der Waals surface area contributed by atoms with Crippen LogP contribution in [0.2, 0.25) is 0 Å². The van der Waals surface area contributed by atoms with Crippen LogP contribution < -0.4 is 5.32 Å². The smallest absolute Gasteiger partial charge is 0.0285 e. The van der Waals surface area contributed by atoms with Crippen molar-refractivity contribution in [2.45, 2.75) is 45.6 Å². The summed E-state index contributed by atoms with van der Waals surface area (Å²) in [6.45, 7) is 5.81. The average molecular weight is 316 g/mol. The molecular weight excluding hydrogens is 294 g/mol. The fraction of sp³-hybridized carbons (Fsp3) is 0.714. The lowest BCUT2D eigenvalue weighted by Crippen LogP contribution is -2.38. The van der Waals surface area contributed by atoms with Crippen LogP contribution in [0.3, 0.4) is 0 Å². The quantitative estimate of drug-likeness (QED) is 0.783. The van der Waals surface area contributed by atoms with E-state index in [1.165, 1.54) is 35.0 Å². The molecule has 2 unspecified atom stereocenters. The monoisotopic (exact) mass is 315 g/mol. The van der Waals surface area contributed by atoms with Gasteiger partial charge >= 0.3 is 0 Å². The lowest BCUT2D eigenvalue weighted by molar-refractivity contribution is 0.341. The Morgan fingerprint density at radius 3 is 2.82 bits per heavy atom. The molecule has 1 saturated carbocycles. The molecule has 96 valence electrons. The minimum atomic E-state index is 0.660. The van der Waals surface area contributed by atoms with Crippen molar-refractivity contribution in [3.63, 3.8) is 0 Å². The molecule has 2 rings (SSSR count). The van der Waals surface area contributed by atoms with E-state index < -0.39 is 0 Å². The highest BCUT2D eigenvalue weighted by Crippen LogP contribution is 2.39. The molecule has 0 bridgehead atoms. The number of hydrogen-bond acceptors (Lipinski definition) is 2. The van der Waals surface area contributed by atoms with Gasteiger partial charge in [-0.1, -0.05) is 13.8 Å². The zero-order valence-electron chi connectivity index (χ0n) is 10.7. The summed E-state index contributed by atoms with van der Waals surface area (Å²) in [5.41, 5.74) is 0. The number of rotatable bonds is 7. The van der Waals surface area contributed by atoms with Gasteiger partial charge in [0.25, 0.3) is 0 Å². The standard InChI is InChI=1S/C14H22BrNS/c1-3-6-16-14(10(2)11-4-5-11)8-13-7-12(15)9-17-13/h7,9-11,14,16H,3-6,8H2,1-2H3. The number of hydrogen-bond donors (Lipinski definition) is 1. The number of nitrogens with one attached hydrogen (secondary N) is 1. The fourth-order valence-electron chi connectivity index (χ4n) is 2.40. The molecule has 2 atom stereocenters. The second-order valence-corrected chi connectivity index (χ2v) is 7.10. The van der Waals surface area contributed by atoms with E-state index in [4.69, 9.17) is 0 Å². The summed E-state index contributed by atoms with van der Waals surface area (Å²) >= 11 is 5.42. The highest BCUT2D eigenvalue weighted by Gasteiger charge is 2.33. The molecule has 0 radical (unpaired) electrons. The lowest BCUT2D eigenvalue weighted by Gasteiger charge is -2.24. The summed E-state index contributed by atoms with van der Waals surface area (Å²) in [7, 11) is 0. The highest BCUT2D eigenvalue weighted by molar-refractivity contribution is 9.10. The van der Waals surface area contributed by atoms with Gasteiger partial charge in [0.05, 0.1) is 0 Å². The van der Waals surface area contributed by atoms with Crippen LogP contribution in [0.5, 0.6) is 0 Å². The molecule has 0 spiro atoms. The van der Waals surface area contributed by atoms with Gasteiger partial charge in [0.15, 0.2) is 0 Å². The van der Waals surface area contributed by atoms with E-state index in [2.05, 4.69) is 46.5 Å². The van der Waals surface area contributed by atoms with Crippen LogP contribution in [-0.2, 0) is 6.42 Å². The first-order chi connectivity index (χ1) is 8.20. The summed E-state index contributed by atoms with van der Waals surface area (Å²) < 4.78 is 1.23. The van der Waals surface area contributed by atoms with E-state index in [-0.39, 0.29) is 0 Å². The molecular formula is C14H22BrNS. The minimum Gasteiger partial charge on any atom is -0.313 e. The van der Waals surface area contributed by atoms with Crippen LogP contribution in [0.15, 0.2) is 15.9 Å². The summed E-state index contributed by atoms with van der Waals surface area (Å²) in [6.07, 6.45) is 5.30. The minimum absolute atomic E-state index is 0.660. The summed E-state index contributed by atoms with van der Waals surface area (Å²) in [5.74, 6) is 1.80. The Hall–Kier alpha value is 0.140. The number of halogens is 1. The van der Waals surface area contributed by atoms with Crippen LogP contribution >= 0.6 is 27.3 Å². The van der Waals surface area contributed by atoms with Gasteiger partial charge in [0, 0.05) is 20.8 Å². The molecule has 0 aliphatic heterocycles. The Bertz CT molecular complexity index is 346. The highest BCUT2D eigenvalue weighted by atomic mass is 79.9. The Morgan fingerprint density at radius 1 is 1.53 bits per heavy atom. The maximum atomic E-state index is 3.74. The number of thiophene rings is 1. The molecule has 1 nitrogen and oxygen atoms in total. The molecule has 0 aromatic carbocycles. The van der Waals surface area contributed by atoms with Gasteiger partial charge in [-0.15, -0.1) is 11.3 Å². The van der Waals surface area contributed by atoms with Crippen LogP contribution in [0.25, 0.3) is 0 Å². The molecule has 1 N–H and O–H groups in total. The van der Waals surface area contributed by atoms with Crippen molar-refractivity contribution in [1.82, 2.24) is 5.32 Å². The first-order valence-electron chi connectivity index (χ1n) is 6.67. The first-order valence-corrected chi connectivity index (χ1v) is 8.34. The molecule has 0 amide bonds. The second kappa shape index (κ2) is 6.35. The van der Waals surface area contributed by atoms with Crippen molar-refractivity contribution in [2.24, 2.45) is 11.8 Å². The van der Waals surface area contributed by atoms with Crippen LogP contribution in [0.1, 0.15) is 38.0 Å². The van der Waals surface area contributed by atoms with Gasteiger partial charge in [-0.05, 0) is 66.1 Å². The average Bonchev–Trinajstić information content (AvgIpc) is 3.08. The Kier molecular flexibility index (Phi) is 5.07. The van der Waals surface area contributed by atoms with E-state index in [9.17, 15) is 0 Å². The molecule has 1 heterocycles. The third kappa shape index (κ3) is 4.08. The molecule has 1 aliphatic carbocycles. The topological polar surface area (TPSA) is 12.0 Å². The van der Waals surface area contributed by atoms with Crippen LogP contribution in [0.4, 0.5) is 0 Å². The Labute approximate surface area is 117 Å². The molecule has 1 fully saturated rings. The van der Waals surface area contributed by atoms with E-state index in [1.54, 1.807) is 0 Å². The maximum Gasteiger partial charge on any atom is 0.0285 e. The van der Waals surface area contributed by atoms with Gasteiger partial charge in [-0.3, -0.25) is 0 Å². The molecule has 0 saturated heterocycles. The van der Waals surface area contributed by atoms with E-state index >= 15 is 0 Å². The van der Waals surface area contributed by atoms with E-state index in [1.807, 2.05) is 11.3 Å². The van der Waals surface area contributed by atoms with E-state index in [0.29, 0.717) is 6.04 Å². The summed E-state index contributed by atoms with van der Waals surface area (Å²) in [4.78, 5) is 1.50. The summed E-state index contributed by atoms with van der Waals surface area (Å²) in [6, 6.07) is 2.93. The largest absolute Gasteiger partial charge is 0.313 e. The molecule has 1 aromatic rings. The van der Waals surface area contributed by atoms with Crippen molar-refractivity contribution in [3.05, 3.63) is 20.8 Å². The van der Waals surface area contributed by atoms with Gasteiger partial charge in [0.2, 0.25) is 0 Å². The van der Waals surface area contributed by atoms with Crippen molar-refractivity contribution >= 4 is 27.3 Å².